The molecule has 0 unspecified atom stereocenters. The van der Waals surface area contributed by atoms with Crippen molar-refractivity contribution in [2.45, 2.75) is 25.8 Å². The Bertz CT molecular complexity index is 389. The molecule has 2 nitrogen and oxygen atoms in total. The van der Waals surface area contributed by atoms with E-state index in [0.717, 1.165) is 24.6 Å². The molecule has 4 heteroatoms. The largest absolute Gasteiger partial charge is 0.329 e. The van der Waals surface area contributed by atoms with E-state index in [9.17, 15) is 0 Å². The van der Waals surface area contributed by atoms with E-state index in [2.05, 4.69) is 11.8 Å². The molecule has 0 spiro atoms. The molecule has 1 aliphatic heterocycles. The quantitative estimate of drug-likeness (QED) is 0.918. The van der Waals surface area contributed by atoms with E-state index >= 15 is 0 Å². The molecule has 2 atom stereocenters. The van der Waals surface area contributed by atoms with Crippen LogP contribution in [-0.4, -0.2) is 24.5 Å². The molecule has 1 aromatic rings. The van der Waals surface area contributed by atoms with Crippen LogP contribution >= 0.6 is 23.2 Å². The molecular formula is C14H20Cl2N2. The van der Waals surface area contributed by atoms with Crippen LogP contribution in [0.4, 0.5) is 0 Å². The summed E-state index contributed by atoms with van der Waals surface area (Å²) in [6.45, 7) is 5.11. The van der Waals surface area contributed by atoms with Crippen molar-refractivity contribution in [3.05, 3.63) is 33.8 Å². The fraction of sp³-hybridized carbons (Fsp3) is 0.571. The SMILES string of the molecule is C[C@@H]1CCCN([C@H](CN)c2cc(Cl)cc(Cl)c2)C1. The van der Waals surface area contributed by atoms with E-state index in [-0.39, 0.29) is 6.04 Å². The minimum absolute atomic E-state index is 0.226. The number of halogens is 2. The Kier molecular flexibility index (Phi) is 4.91. The fourth-order valence-corrected chi connectivity index (χ4v) is 3.32. The maximum Gasteiger partial charge on any atom is 0.0471 e. The standard InChI is InChI=1S/C14H20Cl2N2/c1-10-3-2-4-18(9-10)14(8-17)11-5-12(15)7-13(16)6-11/h5-7,10,14H,2-4,8-9,17H2,1H3/t10-,14-/m1/s1. The molecule has 1 fully saturated rings. The molecule has 0 amide bonds. The third kappa shape index (κ3) is 3.39. The van der Waals surface area contributed by atoms with Crippen LogP contribution in [0.3, 0.4) is 0 Å². The van der Waals surface area contributed by atoms with Crippen LogP contribution in [0.5, 0.6) is 0 Å². The van der Waals surface area contributed by atoms with Crippen molar-refractivity contribution in [1.29, 1.82) is 0 Å². The van der Waals surface area contributed by atoms with E-state index in [1.165, 1.54) is 12.8 Å². The lowest BCUT2D eigenvalue weighted by molar-refractivity contribution is 0.133. The molecule has 1 saturated heterocycles. The number of benzene rings is 1. The summed E-state index contributed by atoms with van der Waals surface area (Å²) >= 11 is 12.1. The monoisotopic (exact) mass is 286 g/mol. The molecule has 0 aromatic heterocycles. The van der Waals surface area contributed by atoms with Crippen LogP contribution in [0, 0.1) is 5.92 Å². The minimum Gasteiger partial charge on any atom is -0.329 e. The van der Waals surface area contributed by atoms with Gasteiger partial charge >= 0.3 is 0 Å². The van der Waals surface area contributed by atoms with Gasteiger partial charge in [0.15, 0.2) is 0 Å². The van der Waals surface area contributed by atoms with Crippen molar-refractivity contribution in [1.82, 2.24) is 4.90 Å². The van der Waals surface area contributed by atoms with Gasteiger partial charge in [-0.2, -0.15) is 0 Å². The molecule has 1 aliphatic rings. The van der Waals surface area contributed by atoms with E-state index in [1.807, 2.05) is 12.1 Å². The average Bonchev–Trinajstić information content (AvgIpc) is 2.28. The second-order valence-corrected chi connectivity index (χ2v) is 6.07. The zero-order chi connectivity index (χ0) is 13.1. The maximum absolute atomic E-state index is 6.07. The Morgan fingerprint density at radius 3 is 2.56 bits per heavy atom. The summed E-state index contributed by atoms with van der Waals surface area (Å²) in [6, 6.07) is 5.94. The number of hydrogen-bond acceptors (Lipinski definition) is 2. The Morgan fingerprint density at radius 1 is 1.33 bits per heavy atom. The number of hydrogen-bond donors (Lipinski definition) is 1. The van der Waals surface area contributed by atoms with Crippen LogP contribution in [0.25, 0.3) is 0 Å². The lowest BCUT2D eigenvalue weighted by Gasteiger charge is -2.37. The molecule has 18 heavy (non-hydrogen) atoms. The normalized spacial score (nSPS) is 23.0. The summed E-state index contributed by atoms with van der Waals surface area (Å²) < 4.78 is 0. The first-order valence-corrected chi connectivity index (χ1v) is 7.26. The number of nitrogens with two attached hydrogens (primary N) is 1. The lowest BCUT2D eigenvalue weighted by atomic mass is 9.96. The molecule has 2 rings (SSSR count). The highest BCUT2D eigenvalue weighted by molar-refractivity contribution is 6.34. The van der Waals surface area contributed by atoms with E-state index in [0.29, 0.717) is 16.6 Å². The maximum atomic E-state index is 6.07. The van der Waals surface area contributed by atoms with Crippen LogP contribution in [0.15, 0.2) is 18.2 Å². The minimum atomic E-state index is 0.226. The van der Waals surface area contributed by atoms with Gasteiger partial charge in [-0.3, -0.25) is 4.90 Å². The summed E-state index contributed by atoms with van der Waals surface area (Å²) in [4.78, 5) is 2.45. The highest BCUT2D eigenvalue weighted by atomic mass is 35.5. The van der Waals surface area contributed by atoms with Gasteiger partial charge in [0.2, 0.25) is 0 Å². The molecule has 1 heterocycles. The van der Waals surface area contributed by atoms with Crippen molar-refractivity contribution in [2.75, 3.05) is 19.6 Å². The topological polar surface area (TPSA) is 29.3 Å². The third-order valence-corrected chi connectivity index (χ3v) is 4.06. The molecule has 100 valence electrons. The van der Waals surface area contributed by atoms with Crippen LogP contribution in [-0.2, 0) is 0 Å². The van der Waals surface area contributed by atoms with E-state index in [4.69, 9.17) is 28.9 Å². The Hall–Kier alpha value is -0.280. The Balaban J connectivity index is 2.21. The average molecular weight is 287 g/mol. The summed E-state index contributed by atoms with van der Waals surface area (Å²) in [6.07, 6.45) is 2.55. The predicted molar refractivity (Wildman–Crippen MR) is 78.2 cm³/mol. The van der Waals surface area contributed by atoms with Crippen LogP contribution < -0.4 is 5.73 Å². The number of likely N-dealkylation sites (tertiary alicyclic amines) is 1. The number of piperidine rings is 1. The van der Waals surface area contributed by atoms with Gasteiger partial charge in [-0.15, -0.1) is 0 Å². The van der Waals surface area contributed by atoms with Gasteiger partial charge < -0.3 is 5.73 Å². The second kappa shape index (κ2) is 6.25. The van der Waals surface area contributed by atoms with Crippen molar-refractivity contribution >= 4 is 23.2 Å². The summed E-state index contributed by atoms with van der Waals surface area (Å²) in [7, 11) is 0. The summed E-state index contributed by atoms with van der Waals surface area (Å²) in [5.41, 5.74) is 7.08. The zero-order valence-corrected chi connectivity index (χ0v) is 12.2. The number of nitrogens with zero attached hydrogens (tertiary/aromatic N) is 1. The van der Waals surface area contributed by atoms with Crippen molar-refractivity contribution < 1.29 is 0 Å². The third-order valence-electron chi connectivity index (χ3n) is 3.62. The molecule has 0 aliphatic carbocycles. The number of rotatable bonds is 3. The van der Waals surface area contributed by atoms with Gasteiger partial charge in [-0.1, -0.05) is 30.1 Å². The fourth-order valence-electron chi connectivity index (χ4n) is 2.77. The zero-order valence-electron chi connectivity index (χ0n) is 10.7. The van der Waals surface area contributed by atoms with Gasteiger partial charge in [0.1, 0.15) is 0 Å². The predicted octanol–water partition coefficient (Wildman–Crippen LogP) is 3.73. The first-order chi connectivity index (χ1) is 8.60. The van der Waals surface area contributed by atoms with Gasteiger partial charge in [-0.25, -0.2) is 0 Å². The van der Waals surface area contributed by atoms with Crippen molar-refractivity contribution in [3.8, 4) is 0 Å². The van der Waals surface area contributed by atoms with Gasteiger partial charge in [-0.05, 0) is 49.1 Å². The molecule has 0 radical (unpaired) electrons. The highest BCUT2D eigenvalue weighted by Crippen LogP contribution is 2.29. The van der Waals surface area contributed by atoms with E-state index in [1.54, 1.807) is 6.07 Å². The summed E-state index contributed by atoms with van der Waals surface area (Å²) in [5, 5.41) is 1.36. The Morgan fingerprint density at radius 2 is 2.00 bits per heavy atom. The van der Waals surface area contributed by atoms with Crippen molar-refractivity contribution in [3.63, 3.8) is 0 Å². The lowest BCUT2D eigenvalue weighted by Crippen LogP contribution is -2.40. The first kappa shape index (κ1) is 14.1. The molecule has 0 bridgehead atoms. The molecular weight excluding hydrogens is 267 g/mol. The van der Waals surface area contributed by atoms with Crippen LogP contribution in [0.2, 0.25) is 10.0 Å². The smallest absolute Gasteiger partial charge is 0.0471 e. The van der Waals surface area contributed by atoms with Gasteiger partial charge in [0, 0.05) is 29.2 Å². The molecule has 1 aromatic carbocycles. The molecule has 2 N–H and O–H groups in total. The van der Waals surface area contributed by atoms with Crippen molar-refractivity contribution in [2.24, 2.45) is 11.7 Å². The summed E-state index contributed by atoms with van der Waals surface area (Å²) in [5.74, 6) is 0.738. The van der Waals surface area contributed by atoms with E-state index < -0.39 is 0 Å². The Labute approximate surface area is 119 Å². The van der Waals surface area contributed by atoms with Gasteiger partial charge in [0.25, 0.3) is 0 Å². The van der Waals surface area contributed by atoms with Gasteiger partial charge in [0.05, 0.1) is 0 Å². The first-order valence-electron chi connectivity index (χ1n) is 6.50. The second-order valence-electron chi connectivity index (χ2n) is 5.20. The molecule has 0 saturated carbocycles. The van der Waals surface area contributed by atoms with Crippen LogP contribution in [0.1, 0.15) is 31.4 Å². The highest BCUT2D eigenvalue weighted by Gasteiger charge is 2.24.